The molecule has 11 nitrogen and oxygen atoms in total. The number of carbonyl (C=O) groups excluding carboxylic acids is 4. The van der Waals surface area contributed by atoms with Gasteiger partial charge in [-0.05, 0) is 73.1 Å². The number of anilines is 1. The van der Waals surface area contributed by atoms with Crippen LogP contribution in [0.1, 0.15) is 40.1 Å². The van der Waals surface area contributed by atoms with E-state index in [1.54, 1.807) is 47.9 Å². The van der Waals surface area contributed by atoms with Crippen molar-refractivity contribution in [1.82, 2.24) is 9.88 Å². The molecule has 5 aliphatic rings. The minimum atomic E-state index is -0.452. The molecule has 0 unspecified atom stereocenters. The monoisotopic (exact) mass is 675 g/mol. The van der Waals surface area contributed by atoms with Gasteiger partial charge < -0.3 is 24.1 Å². The number of hydrogen-bond acceptors (Lipinski definition) is 10. The maximum atomic E-state index is 14.1. The van der Waals surface area contributed by atoms with E-state index in [1.165, 1.54) is 16.2 Å². The first-order chi connectivity index (χ1) is 22.8. The number of nitrogens with one attached hydrogen (secondary N) is 1. The largest absolute Gasteiger partial charge is 0.484 e. The van der Waals surface area contributed by atoms with Gasteiger partial charge in [0.1, 0.15) is 5.75 Å². The van der Waals surface area contributed by atoms with Crippen LogP contribution in [0.2, 0.25) is 0 Å². The van der Waals surface area contributed by atoms with Crippen molar-refractivity contribution in [1.29, 1.82) is 0 Å². The number of aromatic amines is 1. The summed E-state index contributed by atoms with van der Waals surface area (Å²) in [6.07, 6.45) is 0.783. The number of rotatable bonds is 7. The number of aromatic nitrogens is 1. The molecule has 2 aromatic carbocycles. The average molecular weight is 676 g/mol. The Kier molecular flexibility index (Phi) is 7.72. The summed E-state index contributed by atoms with van der Waals surface area (Å²) < 4.78 is 16.2. The molecule has 244 valence electrons. The molecule has 4 heterocycles. The highest BCUT2D eigenvalue weighted by Crippen LogP contribution is 2.68. The predicted molar refractivity (Wildman–Crippen MR) is 173 cm³/mol. The lowest BCUT2D eigenvalue weighted by atomic mass is 9.68. The Labute approximate surface area is 278 Å². The van der Waals surface area contributed by atoms with E-state index >= 15 is 0 Å². The van der Waals surface area contributed by atoms with Gasteiger partial charge in [0.05, 0.1) is 47.9 Å². The third-order valence-corrected chi connectivity index (χ3v) is 12.9. The lowest BCUT2D eigenvalue weighted by Gasteiger charge is -2.43. The molecule has 3 amide bonds. The number of thiazole rings is 1. The minimum Gasteiger partial charge on any atom is -0.484 e. The van der Waals surface area contributed by atoms with Crippen LogP contribution in [0.15, 0.2) is 58.4 Å². The smallest absolute Gasteiger partial charge is 0.338 e. The van der Waals surface area contributed by atoms with Crippen LogP contribution in [0, 0.1) is 29.6 Å². The molecule has 3 aromatic rings. The van der Waals surface area contributed by atoms with Crippen LogP contribution >= 0.6 is 23.1 Å². The highest BCUT2D eigenvalue weighted by molar-refractivity contribution is 8.00. The summed E-state index contributed by atoms with van der Waals surface area (Å²) in [5, 5.41) is 0.906. The zero-order valence-corrected chi connectivity index (χ0v) is 27.2. The van der Waals surface area contributed by atoms with Crippen molar-refractivity contribution >= 4 is 52.5 Å². The molecule has 2 bridgehead atoms. The number of fused-ring (bicyclic) bond motifs is 9. The van der Waals surface area contributed by atoms with Gasteiger partial charge in [0.2, 0.25) is 11.8 Å². The van der Waals surface area contributed by atoms with Crippen LogP contribution in [-0.4, -0.2) is 78.3 Å². The molecule has 3 aliphatic heterocycles. The molecule has 2 aliphatic carbocycles. The van der Waals surface area contributed by atoms with Gasteiger partial charge in [-0.15, -0.1) is 11.8 Å². The number of benzene rings is 2. The lowest BCUT2D eigenvalue weighted by Crippen LogP contribution is -2.43. The number of H-pyrrole nitrogens is 1. The van der Waals surface area contributed by atoms with E-state index in [1.807, 2.05) is 24.3 Å². The normalized spacial score (nSPS) is 29.0. The third-order valence-electron chi connectivity index (χ3n) is 10.3. The molecule has 0 spiro atoms. The van der Waals surface area contributed by atoms with E-state index in [9.17, 15) is 24.0 Å². The molecule has 4 fully saturated rings. The fraction of sp³-hybridized carbons (Fsp3) is 0.441. The van der Waals surface area contributed by atoms with E-state index < -0.39 is 17.8 Å². The first-order valence-electron chi connectivity index (χ1n) is 16.0. The zero-order chi connectivity index (χ0) is 32.4. The Morgan fingerprint density at radius 3 is 2.36 bits per heavy atom. The lowest BCUT2D eigenvalue weighted by molar-refractivity contribution is -0.137. The molecule has 1 aromatic heterocycles. The maximum Gasteiger partial charge on any atom is 0.338 e. The fourth-order valence-corrected chi connectivity index (χ4v) is 11.3. The van der Waals surface area contributed by atoms with Crippen LogP contribution in [0.3, 0.4) is 0 Å². The molecule has 2 saturated carbocycles. The SMILES string of the molecule is CCOC(=O)c1ccc(N2C(=O)[C@H]3[C@H]4C[C@@H]([C@@H]3C2=O)[C@@H]2[C@H](c3ccc(OCC(=O)N5CCOCC5)cc3)c3sc(=O)[nH]c3S[C@H]42)cc1. The number of imide groups is 1. The van der Waals surface area contributed by atoms with Crippen molar-refractivity contribution in [2.75, 3.05) is 44.4 Å². The fourth-order valence-electron chi connectivity index (χ4n) is 8.43. The summed E-state index contributed by atoms with van der Waals surface area (Å²) in [4.78, 5) is 72.3. The zero-order valence-electron chi connectivity index (χ0n) is 25.6. The summed E-state index contributed by atoms with van der Waals surface area (Å²) in [6.45, 7) is 4.11. The number of hydrogen-bond donors (Lipinski definition) is 1. The minimum absolute atomic E-state index is 0.00638. The van der Waals surface area contributed by atoms with E-state index in [-0.39, 0.29) is 64.7 Å². The van der Waals surface area contributed by atoms with Crippen molar-refractivity contribution in [3.8, 4) is 5.75 Å². The Morgan fingerprint density at radius 1 is 0.957 bits per heavy atom. The third kappa shape index (κ3) is 5.01. The predicted octanol–water partition coefficient (Wildman–Crippen LogP) is 3.53. The second-order valence-electron chi connectivity index (χ2n) is 12.6. The van der Waals surface area contributed by atoms with E-state index in [0.717, 1.165) is 21.9 Å². The number of carbonyl (C=O) groups is 4. The average Bonchev–Trinajstić information content (AvgIpc) is 3.83. The summed E-state index contributed by atoms with van der Waals surface area (Å²) in [5.74, 6) is -1.30. The molecular formula is C34H33N3O8S2. The second kappa shape index (κ2) is 11.9. The van der Waals surface area contributed by atoms with Crippen molar-refractivity contribution in [2.45, 2.75) is 29.5 Å². The van der Waals surface area contributed by atoms with Crippen LogP contribution in [0.25, 0.3) is 0 Å². The summed E-state index contributed by atoms with van der Waals surface area (Å²) in [6, 6.07) is 14.1. The molecule has 13 heteroatoms. The molecule has 47 heavy (non-hydrogen) atoms. The van der Waals surface area contributed by atoms with E-state index in [0.29, 0.717) is 43.3 Å². The van der Waals surface area contributed by atoms with Crippen LogP contribution in [-0.2, 0) is 23.9 Å². The maximum absolute atomic E-state index is 14.1. The standard InChI is InChI=1S/C34H33N3O8S2/c1-2-44-33(41)18-3-7-19(8-4-18)37-31(39)26-21-15-22(27(26)32(37)40)28-25(21)24(29-30(46-28)35-34(42)47-29)17-5-9-20(10-6-17)45-16-23(38)36-11-13-43-14-12-36/h3-10,21-22,24-28H,2,11-16H2,1H3,(H,35,42)/t21-,22-,24+,25-,26+,27+,28-/m1/s1. The van der Waals surface area contributed by atoms with Crippen LogP contribution < -0.4 is 14.5 Å². The Morgan fingerprint density at radius 2 is 1.66 bits per heavy atom. The van der Waals surface area contributed by atoms with Crippen LogP contribution in [0.5, 0.6) is 5.75 Å². The first kappa shape index (κ1) is 30.4. The Balaban J connectivity index is 1.05. The summed E-state index contributed by atoms with van der Waals surface area (Å²) in [7, 11) is 0. The number of amides is 3. The van der Waals surface area contributed by atoms with Crippen molar-refractivity contribution < 1.29 is 33.4 Å². The molecule has 2 saturated heterocycles. The number of morpholine rings is 1. The van der Waals surface area contributed by atoms with Gasteiger partial charge in [0, 0.05) is 29.1 Å². The van der Waals surface area contributed by atoms with Gasteiger partial charge in [-0.2, -0.15) is 0 Å². The highest BCUT2D eigenvalue weighted by atomic mass is 32.2. The van der Waals surface area contributed by atoms with Crippen molar-refractivity contribution in [2.24, 2.45) is 29.6 Å². The molecule has 7 atom stereocenters. The van der Waals surface area contributed by atoms with Crippen molar-refractivity contribution in [3.05, 3.63) is 74.2 Å². The summed E-state index contributed by atoms with van der Waals surface area (Å²) >= 11 is 2.85. The molecule has 8 rings (SSSR count). The second-order valence-corrected chi connectivity index (χ2v) is 14.8. The number of thioether (sulfide) groups is 1. The van der Waals surface area contributed by atoms with Gasteiger partial charge in [-0.1, -0.05) is 23.5 Å². The van der Waals surface area contributed by atoms with E-state index in [2.05, 4.69) is 4.98 Å². The van der Waals surface area contributed by atoms with Gasteiger partial charge >= 0.3 is 10.8 Å². The van der Waals surface area contributed by atoms with Crippen molar-refractivity contribution in [3.63, 3.8) is 0 Å². The topological polar surface area (TPSA) is 135 Å². The molecular weight excluding hydrogens is 643 g/mol. The number of nitrogens with zero attached hydrogens (tertiary/aromatic N) is 2. The van der Waals surface area contributed by atoms with Crippen LogP contribution in [0.4, 0.5) is 5.69 Å². The molecule has 1 N–H and O–H groups in total. The quantitative estimate of drug-likeness (QED) is 0.295. The van der Waals surface area contributed by atoms with Gasteiger partial charge in [-0.3, -0.25) is 24.1 Å². The molecule has 0 radical (unpaired) electrons. The van der Waals surface area contributed by atoms with E-state index in [4.69, 9.17) is 14.2 Å². The Bertz CT molecular complexity index is 1800. The van der Waals surface area contributed by atoms with Gasteiger partial charge in [0.15, 0.2) is 6.61 Å². The number of esters is 1. The highest BCUT2D eigenvalue weighted by Gasteiger charge is 2.69. The van der Waals surface area contributed by atoms with Gasteiger partial charge in [0.25, 0.3) is 5.91 Å². The Hall–Kier alpha value is -3.94. The first-order valence-corrected chi connectivity index (χ1v) is 17.7. The number of ether oxygens (including phenoxy) is 3. The van der Waals surface area contributed by atoms with Gasteiger partial charge in [-0.25, -0.2) is 4.79 Å². The summed E-state index contributed by atoms with van der Waals surface area (Å²) in [5.41, 5.74) is 1.83.